The molecule has 1 aliphatic carbocycles. The summed E-state index contributed by atoms with van der Waals surface area (Å²) in [7, 11) is 0. The third kappa shape index (κ3) is 0.635. The second kappa shape index (κ2) is 2.01. The molecule has 1 radical (unpaired) electrons. The first-order chi connectivity index (χ1) is 4.92. The molecule has 0 bridgehead atoms. The maximum Gasteiger partial charge on any atom is 0.177 e. The Balaban J connectivity index is 2.27. The third-order valence-corrected chi connectivity index (χ3v) is 1.80. The summed E-state index contributed by atoms with van der Waals surface area (Å²) in [5.74, 6) is 0. The van der Waals surface area contributed by atoms with Crippen LogP contribution in [-0.2, 0) is 4.74 Å². The molecule has 0 amide bonds. The molecule has 0 N–H and O–H groups in total. The average Bonchev–Trinajstić information content (AvgIpc) is 2.44. The van der Waals surface area contributed by atoms with Gasteiger partial charge in [-0.05, 0) is 6.42 Å². The highest BCUT2D eigenvalue weighted by Gasteiger charge is 2.24. The highest BCUT2D eigenvalue weighted by molar-refractivity contribution is 5.56. The van der Waals surface area contributed by atoms with Crippen molar-refractivity contribution in [1.82, 2.24) is 0 Å². The molecular formula is C9H9O. The van der Waals surface area contributed by atoms with E-state index in [1.165, 1.54) is 11.1 Å². The summed E-state index contributed by atoms with van der Waals surface area (Å²) >= 11 is 0. The summed E-state index contributed by atoms with van der Waals surface area (Å²) in [6.07, 6.45) is 10.1. The zero-order valence-electron chi connectivity index (χ0n) is 5.92. The molecule has 0 saturated heterocycles. The molecule has 0 aromatic heterocycles. The largest absolute Gasteiger partial charge is 0.485 e. The summed E-state index contributed by atoms with van der Waals surface area (Å²) in [5, 5.41) is 0. The van der Waals surface area contributed by atoms with Gasteiger partial charge in [0.1, 0.15) is 0 Å². The standard InChI is InChI=1S/C9H9O/c1-2-9-8-5-3-4-7(8)6-10-9/h3-6H,2H2,1H3. The van der Waals surface area contributed by atoms with E-state index in [1.807, 2.05) is 6.26 Å². The molecule has 1 aliphatic heterocycles. The van der Waals surface area contributed by atoms with Crippen molar-refractivity contribution in [3.05, 3.63) is 41.7 Å². The minimum absolute atomic E-state index is 0.980. The number of fused-ring (bicyclic) bond motifs is 1. The van der Waals surface area contributed by atoms with Gasteiger partial charge in [0.25, 0.3) is 0 Å². The summed E-state index contributed by atoms with van der Waals surface area (Å²) in [6, 6.07) is 0. The van der Waals surface area contributed by atoms with Crippen molar-refractivity contribution in [3.63, 3.8) is 0 Å². The zero-order chi connectivity index (χ0) is 6.97. The van der Waals surface area contributed by atoms with Crippen LogP contribution in [0.3, 0.4) is 0 Å². The number of allylic oxidation sites excluding steroid dienone is 3. The number of rotatable bonds is 1. The molecule has 51 valence electrons. The van der Waals surface area contributed by atoms with E-state index in [4.69, 9.17) is 4.74 Å². The van der Waals surface area contributed by atoms with Crippen LogP contribution in [0.25, 0.3) is 0 Å². The van der Waals surface area contributed by atoms with Gasteiger partial charge in [0.05, 0.1) is 6.26 Å². The van der Waals surface area contributed by atoms with Crippen LogP contribution in [-0.4, -0.2) is 0 Å². The van der Waals surface area contributed by atoms with E-state index in [-0.39, 0.29) is 0 Å². The van der Waals surface area contributed by atoms with Crippen LogP contribution in [0.1, 0.15) is 13.3 Å². The fourth-order valence-electron chi connectivity index (χ4n) is 1.26. The van der Waals surface area contributed by atoms with E-state index < -0.39 is 0 Å². The lowest BCUT2D eigenvalue weighted by Crippen LogP contribution is -1.93. The van der Waals surface area contributed by atoms with Gasteiger partial charge in [-0.2, -0.15) is 0 Å². The molecule has 0 atom stereocenters. The van der Waals surface area contributed by atoms with E-state index in [9.17, 15) is 0 Å². The Hall–Kier alpha value is -0.980. The molecule has 10 heavy (non-hydrogen) atoms. The first kappa shape index (κ1) is 5.78. The Bertz CT molecular complexity index is 233. The molecule has 0 aromatic carbocycles. The Morgan fingerprint density at radius 3 is 3.20 bits per heavy atom. The van der Waals surface area contributed by atoms with Crippen molar-refractivity contribution < 1.29 is 4.74 Å². The fourth-order valence-corrected chi connectivity index (χ4v) is 1.26. The van der Waals surface area contributed by atoms with Crippen LogP contribution in [0.5, 0.6) is 0 Å². The molecule has 1 heteroatoms. The van der Waals surface area contributed by atoms with Gasteiger partial charge in [-0.1, -0.05) is 25.2 Å². The Morgan fingerprint density at radius 2 is 2.40 bits per heavy atom. The first-order valence-electron chi connectivity index (χ1n) is 3.53. The highest BCUT2D eigenvalue weighted by Crippen LogP contribution is 2.36. The maximum absolute atomic E-state index is 5.30. The molecule has 0 spiro atoms. The van der Waals surface area contributed by atoms with Crippen LogP contribution >= 0.6 is 0 Å². The zero-order valence-corrected chi connectivity index (χ0v) is 5.92. The monoisotopic (exact) mass is 133 g/mol. The number of hydrogen-bond donors (Lipinski definition) is 0. The van der Waals surface area contributed by atoms with E-state index in [1.54, 1.807) is 0 Å². The van der Waals surface area contributed by atoms with Crippen LogP contribution in [0.15, 0.2) is 35.6 Å². The number of ether oxygens (including phenoxy) is 1. The minimum atomic E-state index is 0.980. The molecule has 2 rings (SSSR count). The van der Waals surface area contributed by atoms with E-state index >= 15 is 0 Å². The van der Waals surface area contributed by atoms with Gasteiger partial charge >= 0.3 is 0 Å². The van der Waals surface area contributed by atoms with Crippen LogP contribution in [0, 0.1) is 6.10 Å². The predicted octanol–water partition coefficient (Wildman–Crippen LogP) is 2.34. The van der Waals surface area contributed by atoms with Gasteiger partial charge in [0.15, 0.2) is 6.10 Å². The smallest absolute Gasteiger partial charge is 0.177 e. The fraction of sp³-hybridized carbons (Fsp3) is 0.222. The molecule has 0 fully saturated rings. The quantitative estimate of drug-likeness (QED) is 0.533. The number of hydrogen-bond acceptors (Lipinski definition) is 1. The second-order valence-corrected chi connectivity index (χ2v) is 2.41. The molecule has 0 aromatic rings. The Kier molecular flexibility index (Phi) is 1.16. The summed E-state index contributed by atoms with van der Waals surface area (Å²) < 4.78 is 5.30. The van der Waals surface area contributed by atoms with Crippen molar-refractivity contribution in [1.29, 1.82) is 0 Å². The summed E-state index contributed by atoms with van der Waals surface area (Å²) in [6.45, 7) is 2.10. The molecule has 2 aliphatic rings. The lowest BCUT2D eigenvalue weighted by atomic mass is 10.1. The van der Waals surface area contributed by atoms with Gasteiger partial charge in [0.2, 0.25) is 0 Å². The summed E-state index contributed by atoms with van der Waals surface area (Å²) in [4.78, 5) is 0. The van der Waals surface area contributed by atoms with Crippen LogP contribution in [0.2, 0.25) is 0 Å². The predicted molar refractivity (Wildman–Crippen MR) is 39.9 cm³/mol. The van der Waals surface area contributed by atoms with Gasteiger partial charge in [-0.15, -0.1) is 0 Å². The maximum atomic E-state index is 5.30. The second-order valence-electron chi connectivity index (χ2n) is 2.41. The van der Waals surface area contributed by atoms with E-state index in [2.05, 4.69) is 25.2 Å². The Morgan fingerprint density at radius 1 is 1.50 bits per heavy atom. The Labute approximate surface area is 60.7 Å². The van der Waals surface area contributed by atoms with Crippen molar-refractivity contribution in [2.24, 2.45) is 0 Å². The molecule has 1 heterocycles. The lowest BCUT2D eigenvalue weighted by Gasteiger charge is -2.05. The normalized spacial score (nSPS) is 22.1. The topological polar surface area (TPSA) is 9.23 Å². The summed E-state index contributed by atoms with van der Waals surface area (Å²) in [5.41, 5.74) is 2.49. The molecule has 0 unspecified atom stereocenters. The van der Waals surface area contributed by atoms with E-state index in [0.29, 0.717) is 0 Å². The average molecular weight is 133 g/mol. The minimum Gasteiger partial charge on any atom is -0.485 e. The van der Waals surface area contributed by atoms with Gasteiger partial charge in [0, 0.05) is 11.1 Å². The van der Waals surface area contributed by atoms with Crippen molar-refractivity contribution >= 4 is 0 Å². The van der Waals surface area contributed by atoms with Gasteiger partial charge < -0.3 is 4.74 Å². The molecule has 0 saturated carbocycles. The van der Waals surface area contributed by atoms with E-state index in [0.717, 1.165) is 12.5 Å². The third-order valence-electron chi connectivity index (χ3n) is 1.80. The van der Waals surface area contributed by atoms with Crippen LogP contribution in [0.4, 0.5) is 0 Å². The lowest BCUT2D eigenvalue weighted by molar-refractivity contribution is 0.289. The van der Waals surface area contributed by atoms with Gasteiger partial charge in [-0.25, -0.2) is 0 Å². The molecular weight excluding hydrogens is 124 g/mol. The van der Waals surface area contributed by atoms with Gasteiger partial charge in [-0.3, -0.25) is 0 Å². The van der Waals surface area contributed by atoms with Crippen LogP contribution < -0.4 is 0 Å². The van der Waals surface area contributed by atoms with Crippen molar-refractivity contribution in [2.45, 2.75) is 13.3 Å². The SMILES string of the molecule is CC[C]1OC=C2C=CC=C12. The van der Waals surface area contributed by atoms with Crippen molar-refractivity contribution in [3.8, 4) is 0 Å². The van der Waals surface area contributed by atoms with Crippen molar-refractivity contribution in [2.75, 3.05) is 0 Å². The highest BCUT2D eigenvalue weighted by atomic mass is 16.5. The first-order valence-corrected chi connectivity index (χ1v) is 3.53. The molecule has 1 nitrogen and oxygen atoms in total.